The Morgan fingerprint density at radius 3 is 2.40 bits per heavy atom. The molecule has 0 saturated carbocycles. The summed E-state index contributed by atoms with van der Waals surface area (Å²) in [5.41, 5.74) is 6.30. The number of nitrogens with zero attached hydrogens (tertiary/aromatic N) is 3. The Balaban J connectivity index is 0.000000226. The van der Waals surface area contributed by atoms with Crippen molar-refractivity contribution in [1.82, 2.24) is 14.8 Å². The second kappa shape index (κ2) is 21.9. The summed E-state index contributed by atoms with van der Waals surface area (Å²) < 4.78 is 14.1. The van der Waals surface area contributed by atoms with E-state index in [2.05, 4.69) is 59.6 Å². The lowest BCUT2D eigenvalue weighted by Crippen LogP contribution is -2.40. The number of carbonyl (C=O) groups is 4. The number of nitrogens with one attached hydrogen (secondary N) is 3. The number of amides is 2. The molecule has 1 atom stereocenters. The lowest BCUT2D eigenvalue weighted by atomic mass is 9.95. The first-order chi connectivity index (χ1) is 27.8. The third-order valence-corrected chi connectivity index (χ3v) is 10.3. The molecule has 2 amide bonds. The van der Waals surface area contributed by atoms with Crippen LogP contribution in [0.3, 0.4) is 0 Å². The topological polar surface area (TPSA) is 143 Å². The number of hydrogen-bond donors (Lipinski definition) is 4. The van der Waals surface area contributed by atoms with E-state index >= 15 is 0 Å². The Morgan fingerprint density at radius 1 is 1.02 bits per heavy atom. The Labute approximate surface area is 350 Å². The summed E-state index contributed by atoms with van der Waals surface area (Å²) >= 11 is 5.71. The molecule has 0 aliphatic carbocycles. The second-order valence-electron chi connectivity index (χ2n) is 14.3. The Bertz CT molecular complexity index is 2190. The van der Waals surface area contributed by atoms with E-state index in [9.17, 15) is 19.2 Å². The van der Waals surface area contributed by atoms with Gasteiger partial charge >= 0.3 is 0 Å². The van der Waals surface area contributed by atoms with Gasteiger partial charge in [-0.25, -0.2) is 0 Å². The number of methoxy groups -OCH3 is 1. The standard InChI is InChI=1S/C23H26N2O4.C16H15N3O2S.C5H13NS/c1-17-11-22(28-2)23(29-10-6-5-9-26)13-21(17)24-14-20-12-18-7-3-4-8-19(18)15-25(20)16-27;1-17-12-7-14(19(2)8-12)16(21)18-11-3-4-15-10(5-11)6-13(9-20)22-15;1-5(2,7)4-6-3/h3-4,7-9,11,13-14,16,20H,5-6,10,12,15H2,1-2H3;3-9,17H,1-2H3,(H,18,21);6-7H,4H2,1-3H3. The third kappa shape index (κ3) is 13.0. The zero-order chi connectivity index (χ0) is 42.2. The molecule has 0 fully saturated rings. The summed E-state index contributed by atoms with van der Waals surface area (Å²) in [4.78, 5) is 52.3. The molecular formula is C44H54N6O6S2. The minimum absolute atomic E-state index is 0.0964. The maximum Gasteiger partial charge on any atom is 0.272 e. The van der Waals surface area contributed by atoms with Crippen LogP contribution in [0.4, 0.5) is 17.1 Å². The van der Waals surface area contributed by atoms with Crippen LogP contribution in [-0.4, -0.2) is 85.7 Å². The molecule has 58 heavy (non-hydrogen) atoms. The largest absolute Gasteiger partial charge is 0.493 e. The van der Waals surface area contributed by atoms with E-state index in [0.29, 0.717) is 53.8 Å². The number of unbranched alkanes of at least 4 members (excludes halogenated alkanes) is 1. The van der Waals surface area contributed by atoms with Crippen molar-refractivity contribution in [2.45, 2.75) is 57.4 Å². The van der Waals surface area contributed by atoms with Gasteiger partial charge in [0.15, 0.2) is 17.8 Å². The van der Waals surface area contributed by atoms with Crippen LogP contribution in [0.2, 0.25) is 0 Å². The fraction of sp³-hybridized carbons (Fsp3) is 0.341. The predicted molar refractivity (Wildman–Crippen MR) is 239 cm³/mol. The third-order valence-electron chi connectivity index (χ3n) is 9.10. The van der Waals surface area contributed by atoms with Gasteiger partial charge in [-0.05, 0) is 99.1 Å². The minimum atomic E-state index is -0.172. The molecule has 0 saturated heterocycles. The minimum Gasteiger partial charge on any atom is -0.493 e. The zero-order valence-electron chi connectivity index (χ0n) is 34.2. The number of aromatic nitrogens is 1. The van der Waals surface area contributed by atoms with E-state index in [1.165, 1.54) is 22.5 Å². The number of benzene rings is 3. The van der Waals surface area contributed by atoms with Crippen molar-refractivity contribution in [3.63, 3.8) is 0 Å². The summed E-state index contributed by atoms with van der Waals surface area (Å²) in [5, 5.41) is 9.88. The second-order valence-corrected chi connectivity index (χ2v) is 16.7. The molecule has 14 heteroatoms. The Hall–Kier alpha value is -5.44. The number of thiol groups is 1. The van der Waals surface area contributed by atoms with Crippen LogP contribution >= 0.6 is 24.0 Å². The van der Waals surface area contributed by atoms with E-state index < -0.39 is 0 Å². The van der Waals surface area contributed by atoms with E-state index in [1.807, 2.05) is 89.0 Å². The van der Waals surface area contributed by atoms with Gasteiger partial charge in [-0.2, -0.15) is 12.6 Å². The summed E-state index contributed by atoms with van der Waals surface area (Å²) in [6.45, 7) is 8.08. The Morgan fingerprint density at radius 2 is 1.78 bits per heavy atom. The fourth-order valence-electron chi connectivity index (χ4n) is 6.15. The van der Waals surface area contributed by atoms with E-state index in [0.717, 1.165) is 59.0 Å². The highest BCUT2D eigenvalue weighted by Gasteiger charge is 2.23. The number of aldehydes is 2. The molecular weight excluding hydrogens is 773 g/mol. The van der Waals surface area contributed by atoms with Crippen LogP contribution in [0.25, 0.3) is 10.1 Å². The molecule has 0 bridgehead atoms. The van der Waals surface area contributed by atoms with Gasteiger partial charge in [-0.3, -0.25) is 19.4 Å². The molecule has 0 spiro atoms. The number of anilines is 2. The lowest BCUT2D eigenvalue weighted by molar-refractivity contribution is -0.119. The van der Waals surface area contributed by atoms with Crippen molar-refractivity contribution in [2.75, 3.05) is 45.0 Å². The monoisotopic (exact) mass is 826 g/mol. The van der Waals surface area contributed by atoms with Crippen LogP contribution in [0, 0.1) is 6.92 Å². The summed E-state index contributed by atoms with van der Waals surface area (Å²) in [6, 6.07) is 21.0. The number of thiophene rings is 1. The smallest absolute Gasteiger partial charge is 0.272 e. The van der Waals surface area contributed by atoms with Crippen molar-refractivity contribution < 1.29 is 28.7 Å². The number of aliphatic imine (C=N–C) groups is 1. The van der Waals surface area contributed by atoms with Crippen LogP contribution in [0.15, 0.2) is 77.9 Å². The quantitative estimate of drug-likeness (QED) is 0.0361. The molecule has 3 aromatic carbocycles. The number of hydrogen-bond acceptors (Lipinski definition) is 11. The molecule has 3 N–H and O–H groups in total. The van der Waals surface area contributed by atoms with Gasteiger partial charge in [0.05, 0.1) is 36.0 Å². The van der Waals surface area contributed by atoms with Gasteiger partial charge in [0.1, 0.15) is 12.0 Å². The normalized spacial score (nSPS) is 13.4. The van der Waals surface area contributed by atoms with Crippen molar-refractivity contribution in [1.29, 1.82) is 0 Å². The molecule has 1 unspecified atom stereocenters. The van der Waals surface area contributed by atoms with Crippen LogP contribution in [0.1, 0.15) is 63.5 Å². The van der Waals surface area contributed by atoms with Crippen molar-refractivity contribution in [3.8, 4) is 11.5 Å². The van der Waals surface area contributed by atoms with E-state index in [-0.39, 0.29) is 16.7 Å². The summed E-state index contributed by atoms with van der Waals surface area (Å²) in [5.74, 6) is 1.06. The highest BCUT2D eigenvalue weighted by Crippen LogP contribution is 2.35. The van der Waals surface area contributed by atoms with Crippen LogP contribution in [0.5, 0.6) is 11.5 Å². The molecule has 12 nitrogen and oxygen atoms in total. The van der Waals surface area contributed by atoms with Crippen molar-refractivity contribution in [2.24, 2.45) is 12.0 Å². The molecule has 308 valence electrons. The first kappa shape index (κ1) is 45.3. The number of fused-ring (bicyclic) bond motifs is 2. The molecule has 1 aliphatic heterocycles. The Kier molecular flexibility index (Phi) is 17.1. The number of rotatable bonds is 15. The fourth-order valence-corrected chi connectivity index (χ4v) is 7.17. The van der Waals surface area contributed by atoms with Gasteiger partial charge in [0.2, 0.25) is 6.41 Å². The maximum atomic E-state index is 12.3. The van der Waals surface area contributed by atoms with Gasteiger partial charge in [-0.15, -0.1) is 11.3 Å². The molecule has 2 aromatic heterocycles. The van der Waals surface area contributed by atoms with Crippen LogP contribution < -0.4 is 25.4 Å². The summed E-state index contributed by atoms with van der Waals surface area (Å²) in [6.07, 6.45) is 8.14. The average molecular weight is 827 g/mol. The van der Waals surface area contributed by atoms with E-state index in [1.54, 1.807) is 22.6 Å². The van der Waals surface area contributed by atoms with Gasteiger partial charge in [-0.1, -0.05) is 24.3 Å². The van der Waals surface area contributed by atoms with Gasteiger partial charge in [0.25, 0.3) is 5.91 Å². The summed E-state index contributed by atoms with van der Waals surface area (Å²) in [7, 11) is 7.16. The number of ether oxygens (including phenoxy) is 2. The van der Waals surface area contributed by atoms with Crippen LogP contribution in [-0.2, 0) is 29.6 Å². The van der Waals surface area contributed by atoms with Crippen molar-refractivity contribution in [3.05, 3.63) is 100 Å². The molecule has 6 rings (SSSR count). The van der Waals surface area contributed by atoms with Gasteiger partial charge in [0, 0.05) is 67.2 Å². The highest BCUT2D eigenvalue weighted by atomic mass is 32.1. The number of aryl methyl sites for hydroxylation is 2. The SMILES string of the molecule is CNCC(C)(C)S.CNc1cc(C(=O)Nc2ccc3sc(C=O)cc3c2)n(C)c1.COc1cc(C)c(N=CC2Cc3ccccc3CN2C=O)cc1OCCCC=O. The predicted octanol–water partition coefficient (Wildman–Crippen LogP) is 7.91. The first-order valence-electron chi connectivity index (χ1n) is 18.9. The molecule has 3 heterocycles. The number of carbonyl (C=O) groups excluding carboxylic acids is 4. The average Bonchev–Trinajstić information content (AvgIpc) is 3.81. The van der Waals surface area contributed by atoms with E-state index in [4.69, 9.17) is 9.47 Å². The first-order valence-corrected chi connectivity index (χ1v) is 20.2. The molecule has 1 aliphatic rings. The van der Waals surface area contributed by atoms with Gasteiger partial charge < -0.3 is 39.7 Å². The zero-order valence-corrected chi connectivity index (χ0v) is 35.9. The highest BCUT2D eigenvalue weighted by molar-refractivity contribution is 7.81. The van der Waals surface area contributed by atoms with Crippen molar-refractivity contribution >= 4 is 82.2 Å². The molecule has 0 radical (unpaired) electrons. The molecule has 5 aromatic rings. The lowest BCUT2D eigenvalue weighted by Gasteiger charge is -2.31. The maximum absolute atomic E-state index is 12.3.